The van der Waals surface area contributed by atoms with E-state index in [4.69, 9.17) is 4.74 Å². The Morgan fingerprint density at radius 3 is 2.16 bits per heavy atom. The van der Waals surface area contributed by atoms with Crippen LogP contribution in [-0.4, -0.2) is 12.6 Å². The third kappa shape index (κ3) is 7.61. The monoisotopic (exact) mass is 445 g/mol. The average molecular weight is 446 g/mol. The van der Waals surface area contributed by atoms with Crippen molar-refractivity contribution in [2.45, 2.75) is 84.5 Å². The molecular weight excluding hydrogens is 410 g/mol. The van der Waals surface area contributed by atoms with E-state index >= 15 is 0 Å². The average Bonchev–Trinajstić information content (AvgIpc) is 2.78. The number of ether oxygens (including phenoxy) is 1. The highest BCUT2D eigenvalue weighted by Crippen LogP contribution is 2.33. The molecule has 32 heavy (non-hydrogen) atoms. The quantitative estimate of drug-likeness (QED) is 0.281. The van der Waals surface area contributed by atoms with Gasteiger partial charge in [0, 0.05) is 11.1 Å². The number of carboxylic acid groups (broad SMARTS) is 1. The summed E-state index contributed by atoms with van der Waals surface area (Å²) in [4.78, 5) is 11.6. The number of benzene rings is 2. The molecule has 0 heterocycles. The Labute approximate surface area is 190 Å². The fourth-order valence-electron chi connectivity index (χ4n) is 3.82. The van der Waals surface area contributed by atoms with E-state index in [0.717, 1.165) is 56.9 Å². The van der Waals surface area contributed by atoms with Gasteiger partial charge in [-0.3, -0.25) is 0 Å². The van der Waals surface area contributed by atoms with Gasteiger partial charge in [0.25, 0.3) is 0 Å². The minimum Gasteiger partial charge on any atom is -0.545 e. The zero-order valence-corrected chi connectivity index (χ0v) is 19.4. The van der Waals surface area contributed by atoms with Crippen molar-refractivity contribution < 1.29 is 23.4 Å². The standard InChI is InChI=1S/C27H36F2O3/c1-3-5-7-9-10-12-18-32-24-17-16-21(25(28)26(24)29)23-19-20(13-11-8-6-4-2)14-15-22(23)27(30)31/h14-17,19H,3-13,18H2,1-2H3,(H,30,31)/p-1. The van der Waals surface area contributed by atoms with Crippen LogP contribution in [0, 0.1) is 11.6 Å². The number of aromatic carboxylic acids is 1. The van der Waals surface area contributed by atoms with Crippen LogP contribution in [0.25, 0.3) is 11.1 Å². The Morgan fingerprint density at radius 2 is 1.47 bits per heavy atom. The van der Waals surface area contributed by atoms with Crippen molar-refractivity contribution in [3.8, 4) is 16.9 Å². The maximum Gasteiger partial charge on any atom is 0.201 e. The Bertz CT molecular complexity index is 864. The van der Waals surface area contributed by atoms with Gasteiger partial charge in [-0.1, -0.05) is 83.4 Å². The number of carbonyl (C=O) groups is 1. The highest BCUT2D eigenvalue weighted by atomic mass is 19.2. The second kappa shape index (κ2) is 13.9. The Morgan fingerprint density at radius 1 is 0.812 bits per heavy atom. The van der Waals surface area contributed by atoms with E-state index in [2.05, 4.69) is 13.8 Å². The molecule has 0 amide bonds. The number of carboxylic acids is 1. The van der Waals surface area contributed by atoms with E-state index in [1.807, 2.05) is 0 Å². The van der Waals surface area contributed by atoms with Crippen molar-refractivity contribution in [2.75, 3.05) is 6.61 Å². The molecule has 0 N–H and O–H groups in total. The van der Waals surface area contributed by atoms with Gasteiger partial charge in [-0.15, -0.1) is 0 Å². The van der Waals surface area contributed by atoms with Gasteiger partial charge in [0.05, 0.1) is 12.6 Å². The minimum absolute atomic E-state index is 0.0935. The van der Waals surface area contributed by atoms with Crippen molar-refractivity contribution in [2.24, 2.45) is 0 Å². The van der Waals surface area contributed by atoms with E-state index in [-0.39, 0.29) is 22.4 Å². The number of halogens is 2. The van der Waals surface area contributed by atoms with Crippen LogP contribution in [-0.2, 0) is 6.42 Å². The van der Waals surface area contributed by atoms with Gasteiger partial charge in [-0.2, -0.15) is 4.39 Å². The van der Waals surface area contributed by atoms with Crippen molar-refractivity contribution >= 4 is 5.97 Å². The molecule has 0 aliphatic heterocycles. The predicted molar refractivity (Wildman–Crippen MR) is 123 cm³/mol. The van der Waals surface area contributed by atoms with E-state index in [9.17, 15) is 18.7 Å². The van der Waals surface area contributed by atoms with Crippen LogP contribution in [0.1, 0.15) is 94.0 Å². The topological polar surface area (TPSA) is 49.4 Å². The van der Waals surface area contributed by atoms with Crippen LogP contribution < -0.4 is 9.84 Å². The molecule has 176 valence electrons. The van der Waals surface area contributed by atoms with Crippen LogP contribution in [0.3, 0.4) is 0 Å². The van der Waals surface area contributed by atoms with E-state index in [0.29, 0.717) is 6.61 Å². The highest BCUT2D eigenvalue weighted by molar-refractivity contribution is 5.95. The van der Waals surface area contributed by atoms with Crippen LogP contribution in [0.4, 0.5) is 8.78 Å². The second-order valence-corrected chi connectivity index (χ2v) is 8.33. The van der Waals surface area contributed by atoms with Gasteiger partial charge in [-0.05, 0) is 42.5 Å². The lowest BCUT2D eigenvalue weighted by molar-refractivity contribution is -0.254. The Hall–Kier alpha value is -2.43. The number of hydrogen-bond acceptors (Lipinski definition) is 3. The first-order valence-electron chi connectivity index (χ1n) is 11.9. The molecule has 0 aliphatic rings. The summed E-state index contributed by atoms with van der Waals surface area (Å²) in [5.41, 5.74) is 0.784. The van der Waals surface area contributed by atoms with Crippen molar-refractivity contribution in [3.05, 3.63) is 53.1 Å². The molecule has 0 unspecified atom stereocenters. The SMILES string of the molecule is CCCCCCCCOc1ccc(-c2cc(CCCCCC)ccc2C(=O)[O-])c(F)c1F. The van der Waals surface area contributed by atoms with Crippen LogP contribution in [0.15, 0.2) is 30.3 Å². The Balaban J connectivity index is 2.14. The lowest BCUT2D eigenvalue weighted by Crippen LogP contribution is -2.23. The number of rotatable bonds is 15. The fourth-order valence-corrected chi connectivity index (χ4v) is 3.82. The van der Waals surface area contributed by atoms with E-state index in [1.165, 1.54) is 37.5 Å². The lowest BCUT2D eigenvalue weighted by atomic mass is 9.94. The van der Waals surface area contributed by atoms with Crippen LogP contribution >= 0.6 is 0 Å². The first-order chi connectivity index (χ1) is 15.5. The molecular formula is C27H35F2O3-. The van der Waals surface area contributed by atoms with E-state index < -0.39 is 17.6 Å². The molecule has 5 heteroatoms. The molecule has 0 spiro atoms. The second-order valence-electron chi connectivity index (χ2n) is 8.33. The highest BCUT2D eigenvalue weighted by Gasteiger charge is 2.18. The molecule has 0 atom stereocenters. The summed E-state index contributed by atoms with van der Waals surface area (Å²) in [6.45, 7) is 4.61. The lowest BCUT2D eigenvalue weighted by Gasteiger charge is -2.15. The van der Waals surface area contributed by atoms with Crippen molar-refractivity contribution in [1.29, 1.82) is 0 Å². The molecule has 3 nitrogen and oxygen atoms in total. The summed E-state index contributed by atoms with van der Waals surface area (Å²) in [6, 6.07) is 7.52. The smallest absolute Gasteiger partial charge is 0.201 e. The zero-order valence-electron chi connectivity index (χ0n) is 19.4. The summed E-state index contributed by atoms with van der Waals surface area (Å²) in [5.74, 6) is -3.76. The third-order valence-electron chi connectivity index (χ3n) is 5.72. The third-order valence-corrected chi connectivity index (χ3v) is 5.72. The summed E-state index contributed by atoms with van der Waals surface area (Å²) in [6.07, 6.45) is 11.5. The van der Waals surface area contributed by atoms with Crippen LogP contribution in [0.2, 0.25) is 0 Å². The molecule has 0 saturated heterocycles. The first kappa shape index (κ1) is 25.8. The number of unbranched alkanes of at least 4 members (excludes halogenated alkanes) is 8. The Kier molecular flexibility index (Phi) is 11.2. The number of aryl methyl sites for hydroxylation is 1. The van der Waals surface area contributed by atoms with Gasteiger partial charge in [0.1, 0.15) is 0 Å². The molecule has 0 saturated carbocycles. The molecule has 0 aliphatic carbocycles. The van der Waals surface area contributed by atoms with Crippen molar-refractivity contribution in [1.82, 2.24) is 0 Å². The molecule has 2 aromatic carbocycles. The largest absolute Gasteiger partial charge is 0.545 e. The molecule has 0 aromatic heterocycles. The normalized spacial score (nSPS) is 11.0. The van der Waals surface area contributed by atoms with Gasteiger partial charge in [0.2, 0.25) is 5.82 Å². The predicted octanol–water partition coefficient (Wildman–Crippen LogP) is 6.86. The molecule has 0 radical (unpaired) electrons. The fraction of sp³-hybridized carbons (Fsp3) is 0.519. The molecule has 0 bridgehead atoms. The zero-order chi connectivity index (χ0) is 23.3. The maximum absolute atomic E-state index is 14.9. The maximum atomic E-state index is 14.9. The molecule has 0 fully saturated rings. The summed E-state index contributed by atoms with van der Waals surface area (Å²) in [7, 11) is 0. The molecule has 2 aromatic rings. The van der Waals surface area contributed by atoms with Gasteiger partial charge in [0.15, 0.2) is 11.6 Å². The minimum atomic E-state index is -1.42. The van der Waals surface area contributed by atoms with Crippen LogP contribution in [0.5, 0.6) is 5.75 Å². The number of carbonyl (C=O) groups excluding carboxylic acids is 1. The van der Waals surface area contributed by atoms with Gasteiger partial charge < -0.3 is 14.6 Å². The van der Waals surface area contributed by atoms with Crippen molar-refractivity contribution in [3.63, 3.8) is 0 Å². The first-order valence-corrected chi connectivity index (χ1v) is 11.9. The van der Waals surface area contributed by atoms with Gasteiger partial charge >= 0.3 is 0 Å². The summed E-state index contributed by atoms with van der Waals surface area (Å²) < 4.78 is 35.1. The van der Waals surface area contributed by atoms with E-state index in [1.54, 1.807) is 12.1 Å². The summed E-state index contributed by atoms with van der Waals surface area (Å²) >= 11 is 0. The number of hydrogen-bond donors (Lipinski definition) is 0. The van der Waals surface area contributed by atoms with Gasteiger partial charge in [-0.25, -0.2) is 4.39 Å². The molecule has 2 rings (SSSR count). The summed E-state index contributed by atoms with van der Waals surface area (Å²) in [5, 5.41) is 11.6.